The van der Waals surface area contributed by atoms with E-state index in [1.54, 1.807) is 18.3 Å². The summed E-state index contributed by atoms with van der Waals surface area (Å²) in [6, 6.07) is 9.82. The number of oxazole rings is 1. The minimum absolute atomic E-state index is 0.277. The van der Waals surface area contributed by atoms with Gasteiger partial charge in [0.05, 0.1) is 0 Å². The van der Waals surface area contributed by atoms with Crippen molar-refractivity contribution in [1.82, 2.24) is 9.97 Å². The zero-order valence-electron chi connectivity index (χ0n) is 9.68. The molecule has 0 unspecified atom stereocenters. The molecule has 0 radical (unpaired) electrons. The van der Waals surface area contributed by atoms with Crippen molar-refractivity contribution < 1.29 is 8.81 Å². The molecule has 0 atom stereocenters. The van der Waals surface area contributed by atoms with E-state index in [9.17, 15) is 4.39 Å². The van der Waals surface area contributed by atoms with Crippen LogP contribution < -0.4 is 0 Å². The molecular weight excluding hydrogens is 311 g/mol. The second-order valence-corrected chi connectivity index (χ2v) is 4.72. The number of pyridine rings is 1. The fourth-order valence-electron chi connectivity index (χ4n) is 1.81. The molecule has 0 saturated carbocycles. The van der Waals surface area contributed by atoms with Crippen molar-refractivity contribution in [2.24, 2.45) is 0 Å². The SMILES string of the molecule is Fc1ccc(-c2ncoc2-c2ccnc(Br)c2)cc1. The zero-order valence-corrected chi connectivity index (χ0v) is 11.3. The Hall–Kier alpha value is -2.01. The van der Waals surface area contributed by atoms with Gasteiger partial charge in [-0.1, -0.05) is 0 Å². The molecule has 0 fully saturated rings. The predicted molar refractivity (Wildman–Crippen MR) is 72.8 cm³/mol. The quantitative estimate of drug-likeness (QED) is 0.661. The molecule has 5 heteroatoms. The van der Waals surface area contributed by atoms with E-state index in [1.807, 2.05) is 12.1 Å². The number of hydrogen-bond donors (Lipinski definition) is 0. The highest BCUT2D eigenvalue weighted by Crippen LogP contribution is 2.31. The van der Waals surface area contributed by atoms with Crippen molar-refractivity contribution in [2.75, 3.05) is 0 Å². The van der Waals surface area contributed by atoms with Crippen molar-refractivity contribution in [3.8, 4) is 22.6 Å². The molecule has 19 heavy (non-hydrogen) atoms. The predicted octanol–water partition coefficient (Wildman–Crippen LogP) is 4.31. The topological polar surface area (TPSA) is 38.9 Å². The first-order valence-corrected chi connectivity index (χ1v) is 6.35. The number of rotatable bonds is 2. The summed E-state index contributed by atoms with van der Waals surface area (Å²) in [6.07, 6.45) is 3.05. The number of aromatic nitrogens is 2. The Morgan fingerprint density at radius 3 is 2.53 bits per heavy atom. The molecule has 0 bridgehead atoms. The lowest BCUT2D eigenvalue weighted by Crippen LogP contribution is -1.84. The first kappa shape index (κ1) is 12.0. The highest BCUT2D eigenvalue weighted by atomic mass is 79.9. The van der Waals surface area contributed by atoms with E-state index in [1.165, 1.54) is 18.5 Å². The fourth-order valence-corrected chi connectivity index (χ4v) is 2.17. The molecular formula is C14H8BrFN2O. The molecule has 2 heterocycles. The average molecular weight is 319 g/mol. The van der Waals surface area contributed by atoms with E-state index in [2.05, 4.69) is 25.9 Å². The lowest BCUT2D eigenvalue weighted by molar-refractivity contribution is 0.572. The Morgan fingerprint density at radius 2 is 1.79 bits per heavy atom. The number of nitrogens with zero attached hydrogens (tertiary/aromatic N) is 2. The van der Waals surface area contributed by atoms with E-state index >= 15 is 0 Å². The second-order valence-electron chi connectivity index (χ2n) is 3.90. The van der Waals surface area contributed by atoms with Crippen LogP contribution in [-0.4, -0.2) is 9.97 Å². The van der Waals surface area contributed by atoms with Crippen molar-refractivity contribution in [2.45, 2.75) is 0 Å². The minimum atomic E-state index is -0.277. The third kappa shape index (κ3) is 2.42. The molecule has 0 amide bonds. The van der Waals surface area contributed by atoms with E-state index < -0.39 is 0 Å². The maximum Gasteiger partial charge on any atom is 0.182 e. The Kier molecular flexibility index (Phi) is 3.13. The highest BCUT2D eigenvalue weighted by Gasteiger charge is 2.13. The third-order valence-corrected chi connectivity index (χ3v) is 3.11. The molecule has 3 aromatic rings. The maximum atomic E-state index is 12.9. The molecule has 0 N–H and O–H groups in total. The van der Waals surface area contributed by atoms with Gasteiger partial charge in [-0.15, -0.1) is 0 Å². The molecule has 0 spiro atoms. The van der Waals surface area contributed by atoms with Gasteiger partial charge in [0.1, 0.15) is 16.1 Å². The van der Waals surface area contributed by atoms with Gasteiger partial charge in [-0.2, -0.15) is 0 Å². The van der Waals surface area contributed by atoms with Gasteiger partial charge in [-0.05, 0) is 52.3 Å². The largest absolute Gasteiger partial charge is 0.443 e. The molecule has 3 rings (SSSR count). The Morgan fingerprint density at radius 1 is 1.00 bits per heavy atom. The van der Waals surface area contributed by atoms with Gasteiger partial charge in [0.25, 0.3) is 0 Å². The van der Waals surface area contributed by atoms with Gasteiger partial charge in [-0.3, -0.25) is 0 Å². The van der Waals surface area contributed by atoms with Crippen LogP contribution in [0.4, 0.5) is 4.39 Å². The lowest BCUT2D eigenvalue weighted by atomic mass is 10.1. The summed E-state index contributed by atoms with van der Waals surface area (Å²) in [5.41, 5.74) is 2.34. The van der Waals surface area contributed by atoms with Gasteiger partial charge >= 0.3 is 0 Å². The number of halogens is 2. The normalized spacial score (nSPS) is 10.6. The highest BCUT2D eigenvalue weighted by molar-refractivity contribution is 9.10. The van der Waals surface area contributed by atoms with Crippen molar-refractivity contribution >= 4 is 15.9 Å². The summed E-state index contributed by atoms with van der Waals surface area (Å²) >= 11 is 3.32. The van der Waals surface area contributed by atoms with E-state index in [4.69, 9.17) is 4.42 Å². The van der Waals surface area contributed by atoms with Crippen LogP contribution in [0.25, 0.3) is 22.6 Å². The van der Waals surface area contributed by atoms with E-state index in [0.29, 0.717) is 16.1 Å². The van der Waals surface area contributed by atoms with Gasteiger partial charge in [-0.25, -0.2) is 14.4 Å². The van der Waals surface area contributed by atoms with Gasteiger partial charge in [0.15, 0.2) is 12.2 Å². The smallest absolute Gasteiger partial charge is 0.182 e. The Bertz CT molecular complexity index is 709. The fraction of sp³-hybridized carbons (Fsp3) is 0. The van der Waals surface area contributed by atoms with Gasteiger partial charge < -0.3 is 4.42 Å². The van der Waals surface area contributed by atoms with Crippen LogP contribution in [0.3, 0.4) is 0 Å². The summed E-state index contributed by atoms with van der Waals surface area (Å²) in [4.78, 5) is 8.27. The number of hydrogen-bond acceptors (Lipinski definition) is 3. The molecule has 94 valence electrons. The summed E-state index contributed by atoms with van der Waals surface area (Å²) < 4.78 is 19.1. The van der Waals surface area contributed by atoms with Crippen molar-refractivity contribution in [1.29, 1.82) is 0 Å². The lowest BCUT2D eigenvalue weighted by Gasteiger charge is -2.02. The van der Waals surface area contributed by atoms with Crippen LogP contribution in [0.5, 0.6) is 0 Å². The Balaban J connectivity index is 2.10. The van der Waals surface area contributed by atoms with Crippen LogP contribution in [0.15, 0.2) is 58.0 Å². The molecule has 0 aliphatic rings. The number of benzene rings is 1. The molecule has 0 aliphatic carbocycles. The van der Waals surface area contributed by atoms with Crippen LogP contribution in [0, 0.1) is 5.82 Å². The van der Waals surface area contributed by atoms with Crippen LogP contribution in [0.2, 0.25) is 0 Å². The summed E-state index contributed by atoms with van der Waals surface area (Å²) in [5, 5.41) is 0. The van der Waals surface area contributed by atoms with Gasteiger partial charge in [0, 0.05) is 17.3 Å². The van der Waals surface area contributed by atoms with Crippen LogP contribution >= 0.6 is 15.9 Å². The summed E-state index contributed by atoms with van der Waals surface area (Å²) in [6.45, 7) is 0. The van der Waals surface area contributed by atoms with E-state index in [0.717, 1.165) is 11.1 Å². The average Bonchev–Trinajstić information content (AvgIpc) is 2.89. The summed E-state index contributed by atoms with van der Waals surface area (Å²) in [7, 11) is 0. The third-order valence-electron chi connectivity index (χ3n) is 2.67. The Labute approximate surface area is 117 Å². The standard InChI is InChI=1S/C14H8BrFN2O/c15-12-7-10(5-6-17-12)14-13(18-8-19-14)9-1-3-11(16)4-2-9/h1-8H. The maximum absolute atomic E-state index is 12.9. The first-order chi connectivity index (χ1) is 9.24. The van der Waals surface area contributed by atoms with Crippen molar-refractivity contribution in [3.05, 3.63) is 59.4 Å². The van der Waals surface area contributed by atoms with E-state index in [-0.39, 0.29) is 5.82 Å². The molecule has 0 aliphatic heterocycles. The molecule has 2 aromatic heterocycles. The first-order valence-electron chi connectivity index (χ1n) is 5.55. The molecule has 1 aromatic carbocycles. The minimum Gasteiger partial charge on any atom is -0.443 e. The molecule has 3 nitrogen and oxygen atoms in total. The molecule has 0 saturated heterocycles. The van der Waals surface area contributed by atoms with Gasteiger partial charge in [0.2, 0.25) is 0 Å². The summed E-state index contributed by atoms with van der Waals surface area (Å²) in [5.74, 6) is 0.357. The second kappa shape index (κ2) is 4.93. The monoisotopic (exact) mass is 318 g/mol. The van der Waals surface area contributed by atoms with Crippen LogP contribution in [0.1, 0.15) is 0 Å². The van der Waals surface area contributed by atoms with Crippen LogP contribution in [-0.2, 0) is 0 Å². The zero-order chi connectivity index (χ0) is 13.2. The van der Waals surface area contributed by atoms with Crippen molar-refractivity contribution in [3.63, 3.8) is 0 Å².